The lowest BCUT2D eigenvalue weighted by Crippen LogP contribution is -2.48. The number of benzene rings is 1. The van der Waals surface area contributed by atoms with Gasteiger partial charge in [-0.25, -0.2) is 0 Å². The van der Waals surface area contributed by atoms with Crippen LogP contribution in [0.2, 0.25) is 0 Å². The van der Waals surface area contributed by atoms with E-state index in [4.69, 9.17) is 4.74 Å². The van der Waals surface area contributed by atoms with Gasteiger partial charge in [0.1, 0.15) is 11.9 Å². The number of hydrogen-bond acceptors (Lipinski definition) is 3. The molecule has 19 heavy (non-hydrogen) atoms. The molecular formula is C15H20N2O2. The van der Waals surface area contributed by atoms with E-state index in [-0.39, 0.29) is 18.1 Å². The SMILES string of the molecule is O=C(NCC1Cc2ccccc2O1)[C@H]1CCCCN1. The summed E-state index contributed by atoms with van der Waals surface area (Å²) >= 11 is 0. The minimum Gasteiger partial charge on any atom is -0.488 e. The van der Waals surface area contributed by atoms with Gasteiger partial charge in [0, 0.05) is 6.42 Å². The van der Waals surface area contributed by atoms with E-state index < -0.39 is 0 Å². The third-order valence-electron chi connectivity index (χ3n) is 3.84. The van der Waals surface area contributed by atoms with Gasteiger partial charge in [-0.1, -0.05) is 24.6 Å². The van der Waals surface area contributed by atoms with E-state index in [1.807, 2.05) is 18.2 Å². The van der Waals surface area contributed by atoms with Crippen molar-refractivity contribution in [2.45, 2.75) is 37.8 Å². The molecule has 1 fully saturated rings. The van der Waals surface area contributed by atoms with Crippen LogP contribution < -0.4 is 15.4 Å². The number of rotatable bonds is 3. The molecule has 4 nitrogen and oxygen atoms in total. The van der Waals surface area contributed by atoms with E-state index in [0.717, 1.165) is 31.6 Å². The molecular weight excluding hydrogens is 240 g/mol. The Hall–Kier alpha value is -1.55. The van der Waals surface area contributed by atoms with Crippen LogP contribution in [-0.4, -0.2) is 31.1 Å². The number of fused-ring (bicyclic) bond motifs is 1. The minimum absolute atomic E-state index is 0.0162. The van der Waals surface area contributed by atoms with Gasteiger partial charge in [-0.3, -0.25) is 4.79 Å². The zero-order chi connectivity index (χ0) is 13.1. The molecule has 0 radical (unpaired) electrons. The highest BCUT2D eigenvalue weighted by atomic mass is 16.5. The minimum atomic E-state index is -0.0162. The second-order valence-corrected chi connectivity index (χ2v) is 5.30. The number of para-hydroxylation sites is 1. The fraction of sp³-hybridized carbons (Fsp3) is 0.533. The number of ether oxygens (including phenoxy) is 1. The highest BCUT2D eigenvalue weighted by molar-refractivity contribution is 5.81. The smallest absolute Gasteiger partial charge is 0.237 e. The van der Waals surface area contributed by atoms with E-state index in [0.29, 0.717) is 6.54 Å². The molecule has 1 unspecified atom stereocenters. The molecule has 0 spiro atoms. The maximum Gasteiger partial charge on any atom is 0.237 e. The number of amides is 1. The monoisotopic (exact) mass is 260 g/mol. The van der Waals surface area contributed by atoms with Crippen molar-refractivity contribution in [3.05, 3.63) is 29.8 Å². The van der Waals surface area contributed by atoms with Crippen LogP contribution in [0.3, 0.4) is 0 Å². The average molecular weight is 260 g/mol. The van der Waals surface area contributed by atoms with Crippen LogP contribution in [0.15, 0.2) is 24.3 Å². The Kier molecular flexibility index (Phi) is 3.69. The zero-order valence-corrected chi connectivity index (χ0v) is 11.0. The summed E-state index contributed by atoms with van der Waals surface area (Å²) in [6, 6.07) is 8.05. The Balaban J connectivity index is 1.47. The van der Waals surface area contributed by atoms with Crippen molar-refractivity contribution < 1.29 is 9.53 Å². The first-order valence-electron chi connectivity index (χ1n) is 7.08. The molecule has 4 heteroatoms. The van der Waals surface area contributed by atoms with E-state index in [2.05, 4.69) is 16.7 Å². The highest BCUT2D eigenvalue weighted by Crippen LogP contribution is 2.27. The lowest BCUT2D eigenvalue weighted by Gasteiger charge is -2.23. The first-order chi connectivity index (χ1) is 9.33. The van der Waals surface area contributed by atoms with Crippen LogP contribution in [0.25, 0.3) is 0 Å². The third-order valence-corrected chi connectivity index (χ3v) is 3.84. The van der Waals surface area contributed by atoms with E-state index in [1.165, 1.54) is 12.0 Å². The second kappa shape index (κ2) is 5.61. The normalized spacial score (nSPS) is 25.5. The van der Waals surface area contributed by atoms with Gasteiger partial charge in [-0.05, 0) is 31.0 Å². The molecule has 102 valence electrons. The molecule has 0 bridgehead atoms. The van der Waals surface area contributed by atoms with Crippen molar-refractivity contribution in [2.24, 2.45) is 0 Å². The molecule has 2 aliphatic rings. The molecule has 1 aromatic rings. The lowest BCUT2D eigenvalue weighted by molar-refractivity contribution is -0.124. The maximum absolute atomic E-state index is 12.0. The number of piperidine rings is 1. The molecule has 0 aliphatic carbocycles. The molecule has 0 aromatic heterocycles. The molecule has 1 amide bonds. The molecule has 2 heterocycles. The summed E-state index contributed by atoms with van der Waals surface area (Å²) in [7, 11) is 0. The second-order valence-electron chi connectivity index (χ2n) is 5.30. The average Bonchev–Trinajstić information content (AvgIpc) is 2.88. The van der Waals surface area contributed by atoms with Gasteiger partial charge in [0.2, 0.25) is 5.91 Å². The fourth-order valence-electron chi connectivity index (χ4n) is 2.78. The Morgan fingerprint density at radius 1 is 1.37 bits per heavy atom. The van der Waals surface area contributed by atoms with Gasteiger partial charge in [0.05, 0.1) is 12.6 Å². The Morgan fingerprint density at radius 2 is 2.26 bits per heavy atom. The summed E-state index contributed by atoms with van der Waals surface area (Å²) in [6.45, 7) is 1.54. The van der Waals surface area contributed by atoms with Gasteiger partial charge in [0.15, 0.2) is 0 Å². The van der Waals surface area contributed by atoms with Gasteiger partial charge in [0.25, 0.3) is 0 Å². The highest BCUT2D eigenvalue weighted by Gasteiger charge is 2.25. The molecule has 1 saturated heterocycles. The van der Waals surface area contributed by atoms with E-state index in [1.54, 1.807) is 0 Å². The summed E-state index contributed by atoms with van der Waals surface area (Å²) in [5.74, 6) is 1.07. The fourth-order valence-corrected chi connectivity index (χ4v) is 2.78. The molecule has 2 N–H and O–H groups in total. The van der Waals surface area contributed by atoms with Crippen molar-refractivity contribution in [2.75, 3.05) is 13.1 Å². The summed E-state index contributed by atoms with van der Waals surface area (Å²) in [6.07, 6.45) is 4.21. The van der Waals surface area contributed by atoms with Gasteiger partial charge >= 0.3 is 0 Å². The van der Waals surface area contributed by atoms with Crippen LogP contribution in [0.1, 0.15) is 24.8 Å². The van der Waals surface area contributed by atoms with Crippen molar-refractivity contribution in [1.82, 2.24) is 10.6 Å². The standard InChI is InChI=1S/C15H20N2O2/c18-15(13-6-3-4-8-16-13)17-10-12-9-11-5-1-2-7-14(11)19-12/h1-2,5,7,12-13,16H,3-4,6,8-10H2,(H,17,18)/t12?,13-/m1/s1. The Morgan fingerprint density at radius 3 is 3.05 bits per heavy atom. The summed E-state index contributed by atoms with van der Waals surface area (Å²) < 4.78 is 5.81. The zero-order valence-electron chi connectivity index (χ0n) is 11.0. The van der Waals surface area contributed by atoms with Crippen molar-refractivity contribution >= 4 is 5.91 Å². The predicted octanol–water partition coefficient (Wildman–Crippen LogP) is 1.25. The van der Waals surface area contributed by atoms with Crippen LogP contribution in [0.4, 0.5) is 0 Å². The summed E-state index contributed by atoms with van der Waals surface area (Å²) in [4.78, 5) is 12.0. The largest absolute Gasteiger partial charge is 0.488 e. The summed E-state index contributed by atoms with van der Waals surface area (Å²) in [5, 5.41) is 6.26. The van der Waals surface area contributed by atoms with Crippen LogP contribution in [0.5, 0.6) is 5.75 Å². The van der Waals surface area contributed by atoms with Gasteiger partial charge < -0.3 is 15.4 Å². The summed E-state index contributed by atoms with van der Waals surface area (Å²) in [5.41, 5.74) is 1.23. The number of hydrogen-bond donors (Lipinski definition) is 2. The van der Waals surface area contributed by atoms with E-state index >= 15 is 0 Å². The van der Waals surface area contributed by atoms with Gasteiger partial charge in [-0.15, -0.1) is 0 Å². The molecule has 2 aliphatic heterocycles. The molecule has 3 rings (SSSR count). The van der Waals surface area contributed by atoms with Crippen molar-refractivity contribution in [3.63, 3.8) is 0 Å². The number of carbonyl (C=O) groups is 1. The maximum atomic E-state index is 12.0. The van der Waals surface area contributed by atoms with Gasteiger partial charge in [-0.2, -0.15) is 0 Å². The van der Waals surface area contributed by atoms with Crippen LogP contribution in [-0.2, 0) is 11.2 Å². The van der Waals surface area contributed by atoms with Crippen molar-refractivity contribution in [1.29, 1.82) is 0 Å². The van der Waals surface area contributed by atoms with E-state index in [9.17, 15) is 4.79 Å². The van der Waals surface area contributed by atoms with Crippen molar-refractivity contribution in [3.8, 4) is 5.75 Å². The number of carbonyl (C=O) groups excluding carboxylic acids is 1. The first kappa shape index (κ1) is 12.5. The molecule has 1 aromatic carbocycles. The first-order valence-corrected chi connectivity index (χ1v) is 7.08. The van der Waals surface area contributed by atoms with Crippen LogP contribution in [0, 0.1) is 0 Å². The third kappa shape index (κ3) is 2.89. The quantitative estimate of drug-likeness (QED) is 0.860. The Bertz CT molecular complexity index is 430. The molecule has 0 saturated carbocycles. The van der Waals surface area contributed by atoms with Crippen LogP contribution >= 0.6 is 0 Å². The predicted molar refractivity (Wildman–Crippen MR) is 73.2 cm³/mol. The Labute approximate surface area is 113 Å². The number of nitrogens with one attached hydrogen (secondary N) is 2. The lowest BCUT2D eigenvalue weighted by atomic mass is 10.0. The molecule has 2 atom stereocenters. The topological polar surface area (TPSA) is 50.4 Å².